The maximum atomic E-state index is 12.5. The largest absolute Gasteiger partial charge is 0.376 e. The summed E-state index contributed by atoms with van der Waals surface area (Å²) in [4.78, 5) is 26.4. The number of anilines is 1. The van der Waals surface area contributed by atoms with E-state index in [4.69, 9.17) is 4.74 Å². The molecule has 0 spiro atoms. The molecule has 3 rings (SSSR count). The van der Waals surface area contributed by atoms with Gasteiger partial charge in [0.25, 0.3) is 0 Å². The molecule has 2 heterocycles. The molecule has 2 saturated heterocycles. The molecule has 0 radical (unpaired) electrons. The summed E-state index contributed by atoms with van der Waals surface area (Å²) < 4.78 is 6.40. The van der Waals surface area contributed by atoms with Gasteiger partial charge in [-0.25, -0.2) is 0 Å². The van der Waals surface area contributed by atoms with Crippen molar-refractivity contribution < 1.29 is 14.3 Å². The number of hydrogen-bond acceptors (Lipinski definition) is 3. The fourth-order valence-electron chi connectivity index (χ4n) is 2.97. The average molecular weight is 367 g/mol. The highest BCUT2D eigenvalue weighted by Gasteiger charge is 2.37. The summed E-state index contributed by atoms with van der Waals surface area (Å²) in [6.45, 7) is 1.84. The standard InChI is InChI=1S/C16H19BrN2O3/c17-11-3-1-4-12(9-11)19-7-6-14(16(19)21)15(20)18-10-13-5-2-8-22-13/h1,3-4,9,13-14H,2,5-8,10H2,(H,18,20)/t13-,14+/m0/s1. The molecule has 1 N–H and O–H groups in total. The van der Waals surface area contributed by atoms with Gasteiger partial charge in [-0.05, 0) is 37.5 Å². The van der Waals surface area contributed by atoms with Crippen molar-refractivity contribution >= 4 is 33.4 Å². The highest BCUT2D eigenvalue weighted by atomic mass is 79.9. The molecule has 2 amide bonds. The molecule has 2 aliphatic rings. The summed E-state index contributed by atoms with van der Waals surface area (Å²) in [6, 6.07) is 7.58. The van der Waals surface area contributed by atoms with Gasteiger partial charge in [0.05, 0.1) is 6.10 Å². The number of rotatable bonds is 4. The van der Waals surface area contributed by atoms with Gasteiger partial charge in [-0.15, -0.1) is 0 Å². The second kappa shape index (κ2) is 6.79. The van der Waals surface area contributed by atoms with Crippen LogP contribution in [0.5, 0.6) is 0 Å². The van der Waals surface area contributed by atoms with Gasteiger partial charge in [0.15, 0.2) is 0 Å². The summed E-state index contributed by atoms with van der Waals surface area (Å²) >= 11 is 3.40. The molecular weight excluding hydrogens is 348 g/mol. The summed E-state index contributed by atoms with van der Waals surface area (Å²) in [5.74, 6) is -0.888. The van der Waals surface area contributed by atoms with Crippen molar-refractivity contribution in [3.63, 3.8) is 0 Å². The van der Waals surface area contributed by atoms with E-state index in [1.54, 1.807) is 4.90 Å². The van der Waals surface area contributed by atoms with E-state index in [-0.39, 0.29) is 17.9 Å². The van der Waals surface area contributed by atoms with Crippen LogP contribution in [-0.4, -0.2) is 37.6 Å². The van der Waals surface area contributed by atoms with Crippen molar-refractivity contribution in [2.24, 2.45) is 5.92 Å². The fourth-order valence-corrected chi connectivity index (χ4v) is 3.35. The quantitative estimate of drug-likeness (QED) is 0.830. The Hall–Kier alpha value is -1.40. The number of carbonyl (C=O) groups excluding carboxylic acids is 2. The topological polar surface area (TPSA) is 58.6 Å². The second-order valence-corrected chi connectivity index (χ2v) is 6.61. The van der Waals surface area contributed by atoms with E-state index in [1.165, 1.54) is 0 Å². The van der Waals surface area contributed by atoms with Crippen LogP contribution < -0.4 is 10.2 Å². The number of halogens is 1. The molecule has 5 nitrogen and oxygen atoms in total. The van der Waals surface area contributed by atoms with E-state index < -0.39 is 5.92 Å². The van der Waals surface area contributed by atoms with Gasteiger partial charge < -0.3 is 15.0 Å². The third-order valence-corrected chi connectivity index (χ3v) is 4.66. The smallest absolute Gasteiger partial charge is 0.239 e. The predicted octanol–water partition coefficient (Wildman–Crippen LogP) is 2.10. The molecular formula is C16H19BrN2O3. The van der Waals surface area contributed by atoms with Gasteiger partial charge in [-0.3, -0.25) is 9.59 Å². The third kappa shape index (κ3) is 3.33. The molecule has 118 valence electrons. The van der Waals surface area contributed by atoms with Gasteiger partial charge in [0, 0.05) is 29.9 Å². The fraction of sp³-hybridized carbons (Fsp3) is 0.500. The third-order valence-electron chi connectivity index (χ3n) is 4.17. The van der Waals surface area contributed by atoms with Gasteiger partial charge in [0.2, 0.25) is 11.8 Å². The van der Waals surface area contributed by atoms with Crippen LogP contribution >= 0.6 is 15.9 Å². The average Bonchev–Trinajstić information content (AvgIpc) is 3.14. The molecule has 0 aromatic heterocycles. The zero-order valence-corrected chi connectivity index (χ0v) is 13.8. The number of benzene rings is 1. The number of amides is 2. The van der Waals surface area contributed by atoms with Crippen LogP contribution in [0.3, 0.4) is 0 Å². The van der Waals surface area contributed by atoms with Crippen molar-refractivity contribution in [3.8, 4) is 0 Å². The van der Waals surface area contributed by atoms with Crippen LogP contribution in [-0.2, 0) is 14.3 Å². The normalized spacial score (nSPS) is 24.8. The van der Waals surface area contributed by atoms with Crippen molar-refractivity contribution in [3.05, 3.63) is 28.7 Å². The van der Waals surface area contributed by atoms with Crippen LogP contribution in [0, 0.1) is 5.92 Å². The Labute approximate surface area is 138 Å². The Bertz CT molecular complexity index is 572. The zero-order valence-electron chi connectivity index (χ0n) is 12.3. The molecule has 6 heteroatoms. The van der Waals surface area contributed by atoms with Gasteiger partial charge in [-0.2, -0.15) is 0 Å². The van der Waals surface area contributed by atoms with Crippen molar-refractivity contribution in [1.82, 2.24) is 5.32 Å². The van der Waals surface area contributed by atoms with Crippen LogP contribution in [0.1, 0.15) is 19.3 Å². The lowest BCUT2D eigenvalue weighted by Gasteiger charge is -2.17. The molecule has 1 aromatic rings. The maximum absolute atomic E-state index is 12.5. The van der Waals surface area contributed by atoms with Crippen molar-refractivity contribution in [1.29, 1.82) is 0 Å². The monoisotopic (exact) mass is 366 g/mol. The maximum Gasteiger partial charge on any atom is 0.239 e. The lowest BCUT2D eigenvalue weighted by atomic mass is 10.1. The SMILES string of the molecule is O=C(NC[C@@H]1CCCO1)[C@H]1CCN(c2cccc(Br)c2)C1=O. The number of carbonyl (C=O) groups is 2. The van der Waals surface area contributed by atoms with Crippen LogP contribution in [0.25, 0.3) is 0 Å². The van der Waals surface area contributed by atoms with Crippen LogP contribution in [0.4, 0.5) is 5.69 Å². The first-order valence-electron chi connectivity index (χ1n) is 7.61. The molecule has 1 aromatic carbocycles. The van der Waals surface area contributed by atoms with E-state index in [0.29, 0.717) is 19.5 Å². The summed E-state index contributed by atoms with van der Waals surface area (Å²) in [5.41, 5.74) is 0.828. The van der Waals surface area contributed by atoms with Crippen LogP contribution in [0.15, 0.2) is 28.7 Å². The lowest BCUT2D eigenvalue weighted by molar-refractivity contribution is -0.132. The molecule has 0 aliphatic carbocycles. The molecule has 22 heavy (non-hydrogen) atoms. The number of ether oxygens (including phenoxy) is 1. The minimum absolute atomic E-state index is 0.0987. The van der Waals surface area contributed by atoms with Gasteiger partial charge >= 0.3 is 0 Å². The van der Waals surface area contributed by atoms with Gasteiger partial charge in [-0.1, -0.05) is 22.0 Å². The lowest BCUT2D eigenvalue weighted by Crippen LogP contribution is -2.39. The Kier molecular flexibility index (Phi) is 4.78. The Balaban J connectivity index is 1.59. The van der Waals surface area contributed by atoms with Crippen molar-refractivity contribution in [2.75, 3.05) is 24.6 Å². The minimum atomic E-state index is -0.583. The molecule has 0 unspecified atom stereocenters. The highest BCUT2D eigenvalue weighted by molar-refractivity contribution is 9.10. The highest BCUT2D eigenvalue weighted by Crippen LogP contribution is 2.27. The van der Waals surface area contributed by atoms with E-state index in [0.717, 1.165) is 29.6 Å². The Morgan fingerprint density at radius 1 is 1.41 bits per heavy atom. The second-order valence-electron chi connectivity index (χ2n) is 5.69. The number of nitrogens with zero attached hydrogens (tertiary/aromatic N) is 1. The Morgan fingerprint density at radius 3 is 3.00 bits per heavy atom. The van der Waals surface area contributed by atoms with E-state index in [2.05, 4.69) is 21.2 Å². The molecule has 0 bridgehead atoms. The first-order chi connectivity index (χ1) is 10.6. The zero-order chi connectivity index (χ0) is 15.5. The van der Waals surface area contributed by atoms with E-state index in [1.807, 2.05) is 24.3 Å². The summed E-state index contributed by atoms with van der Waals surface area (Å²) in [7, 11) is 0. The minimum Gasteiger partial charge on any atom is -0.376 e. The Morgan fingerprint density at radius 2 is 2.27 bits per heavy atom. The van der Waals surface area contributed by atoms with E-state index >= 15 is 0 Å². The molecule has 2 aliphatic heterocycles. The number of hydrogen-bond donors (Lipinski definition) is 1. The molecule has 2 fully saturated rings. The predicted molar refractivity (Wildman–Crippen MR) is 86.6 cm³/mol. The summed E-state index contributed by atoms with van der Waals surface area (Å²) in [5, 5.41) is 2.86. The van der Waals surface area contributed by atoms with E-state index in [9.17, 15) is 9.59 Å². The first-order valence-corrected chi connectivity index (χ1v) is 8.41. The number of nitrogens with one attached hydrogen (secondary N) is 1. The molecule has 2 atom stereocenters. The van der Waals surface area contributed by atoms with Crippen molar-refractivity contribution in [2.45, 2.75) is 25.4 Å². The van der Waals surface area contributed by atoms with Gasteiger partial charge in [0.1, 0.15) is 5.92 Å². The molecule has 0 saturated carbocycles. The first kappa shape index (κ1) is 15.5. The summed E-state index contributed by atoms with van der Waals surface area (Å²) in [6.07, 6.45) is 2.67. The van der Waals surface area contributed by atoms with Crippen LogP contribution in [0.2, 0.25) is 0 Å².